The summed E-state index contributed by atoms with van der Waals surface area (Å²) in [6.07, 6.45) is 0.955. The lowest BCUT2D eigenvalue weighted by molar-refractivity contribution is -0.00000689. The highest BCUT2D eigenvalue weighted by Gasteiger charge is 2.45. The molecule has 0 unspecified atom stereocenters. The molecule has 0 aliphatic rings. The minimum absolute atomic E-state index is 0. The van der Waals surface area contributed by atoms with E-state index in [4.69, 9.17) is 4.74 Å². The van der Waals surface area contributed by atoms with Gasteiger partial charge in [-0.15, -0.1) is 0 Å². The first-order chi connectivity index (χ1) is 16.3. The third-order valence-corrected chi connectivity index (χ3v) is 10.3. The monoisotopic (exact) mass is 480 g/mol. The minimum Gasteiger partial charge on any atom is -1.00 e. The van der Waals surface area contributed by atoms with Gasteiger partial charge in [0.05, 0.1) is 6.16 Å². The molecule has 0 aliphatic heterocycles. The van der Waals surface area contributed by atoms with Crippen molar-refractivity contribution in [3.8, 4) is 11.5 Å². The molecule has 1 nitrogen and oxygen atoms in total. The van der Waals surface area contributed by atoms with Crippen LogP contribution in [-0.2, 0) is 6.16 Å². The molecule has 0 N–H and O–H groups in total. The maximum absolute atomic E-state index is 6.03. The number of halogens is 1. The molecule has 5 rings (SSSR count). The topological polar surface area (TPSA) is 9.23 Å². The third-order valence-electron chi connectivity index (χ3n) is 5.91. The van der Waals surface area contributed by atoms with Crippen molar-refractivity contribution in [3.63, 3.8) is 0 Å². The van der Waals surface area contributed by atoms with E-state index in [0.717, 1.165) is 17.7 Å². The van der Waals surface area contributed by atoms with E-state index in [2.05, 4.69) is 115 Å². The quantitative estimate of drug-likeness (QED) is 0.320. The Morgan fingerprint density at radius 2 is 0.765 bits per heavy atom. The van der Waals surface area contributed by atoms with E-state index in [9.17, 15) is 0 Å². The molecular formula is C31H26ClOP. The maximum Gasteiger partial charge on any atom is 0.127 e. The Labute approximate surface area is 208 Å². The first-order valence-electron chi connectivity index (χ1n) is 11.2. The van der Waals surface area contributed by atoms with E-state index in [0.29, 0.717) is 0 Å². The van der Waals surface area contributed by atoms with Gasteiger partial charge in [-0.05, 0) is 66.2 Å². The van der Waals surface area contributed by atoms with Gasteiger partial charge in [-0.3, -0.25) is 0 Å². The summed E-state index contributed by atoms with van der Waals surface area (Å²) in [6.45, 7) is 0. The van der Waals surface area contributed by atoms with Crippen LogP contribution in [0.25, 0.3) is 0 Å². The molecule has 0 atom stereocenters. The van der Waals surface area contributed by atoms with E-state index < -0.39 is 7.26 Å². The molecule has 0 saturated heterocycles. The number of ether oxygens (including phenoxy) is 1. The van der Waals surface area contributed by atoms with Crippen molar-refractivity contribution in [1.82, 2.24) is 0 Å². The van der Waals surface area contributed by atoms with Crippen molar-refractivity contribution < 1.29 is 17.1 Å². The van der Waals surface area contributed by atoms with Gasteiger partial charge < -0.3 is 17.1 Å². The Morgan fingerprint density at radius 1 is 0.412 bits per heavy atom. The van der Waals surface area contributed by atoms with Crippen molar-refractivity contribution >= 4 is 23.2 Å². The highest BCUT2D eigenvalue weighted by molar-refractivity contribution is 7.95. The lowest BCUT2D eigenvalue weighted by Crippen LogP contribution is -3.00. The van der Waals surface area contributed by atoms with Crippen molar-refractivity contribution in [1.29, 1.82) is 0 Å². The fourth-order valence-corrected chi connectivity index (χ4v) is 8.57. The van der Waals surface area contributed by atoms with Crippen LogP contribution in [0.15, 0.2) is 146 Å². The number of para-hydroxylation sites is 1. The van der Waals surface area contributed by atoms with Gasteiger partial charge in [0.2, 0.25) is 0 Å². The van der Waals surface area contributed by atoms with E-state index >= 15 is 0 Å². The van der Waals surface area contributed by atoms with Gasteiger partial charge in [-0.1, -0.05) is 84.9 Å². The van der Waals surface area contributed by atoms with Gasteiger partial charge in [-0.2, -0.15) is 0 Å². The summed E-state index contributed by atoms with van der Waals surface area (Å²) in [4.78, 5) is 0. The summed E-state index contributed by atoms with van der Waals surface area (Å²) < 4.78 is 6.03. The number of hydrogen-bond acceptors (Lipinski definition) is 1. The first-order valence-corrected chi connectivity index (χ1v) is 13.2. The van der Waals surface area contributed by atoms with Gasteiger partial charge >= 0.3 is 0 Å². The van der Waals surface area contributed by atoms with Gasteiger partial charge in [0.1, 0.15) is 34.7 Å². The summed E-state index contributed by atoms with van der Waals surface area (Å²) in [6, 6.07) is 51.5. The second-order valence-corrected chi connectivity index (χ2v) is 11.5. The summed E-state index contributed by atoms with van der Waals surface area (Å²) in [5.74, 6) is 1.71. The van der Waals surface area contributed by atoms with Gasteiger partial charge in [0.25, 0.3) is 0 Å². The van der Waals surface area contributed by atoms with Crippen molar-refractivity contribution in [2.75, 3.05) is 0 Å². The van der Waals surface area contributed by atoms with Crippen LogP contribution >= 0.6 is 7.26 Å². The second-order valence-electron chi connectivity index (χ2n) is 8.03. The molecule has 5 aromatic carbocycles. The fourth-order valence-electron chi connectivity index (χ4n) is 4.33. The first kappa shape index (κ1) is 23.8. The molecule has 34 heavy (non-hydrogen) atoms. The fraction of sp³-hybridized carbons (Fsp3) is 0.0323. The smallest absolute Gasteiger partial charge is 0.127 e. The SMILES string of the molecule is [Cl-].c1ccc(Oc2ccc(C[P+](c3ccccc3)(c3ccccc3)c3ccccc3)cc2)cc1. The predicted molar refractivity (Wildman–Crippen MR) is 142 cm³/mol. The lowest BCUT2D eigenvalue weighted by atomic mass is 10.2. The van der Waals surface area contributed by atoms with Crippen molar-refractivity contribution in [2.45, 2.75) is 6.16 Å². The average Bonchev–Trinajstić information content (AvgIpc) is 2.90. The molecule has 0 aromatic heterocycles. The Morgan fingerprint density at radius 3 is 1.18 bits per heavy atom. The molecule has 0 saturated carbocycles. The predicted octanol–water partition coefficient (Wildman–Crippen LogP) is 3.98. The molecule has 3 heteroatoms. The summed E-state index contributed by atoms with van der Waals surface area (Å²) in [5.41, 5.74) is 1.31. The highest BCUT2D eigenvalue weighted by atomic mass is 35.5. The largest absolute Gasteiger partial charge is 1.00 e. The molecule has 0 amide bonds. The van der Waals surface area contributed by atoms with Crippen LogP contribution in [0.1, 0.15) is 5.56 Å². The van der Waals surface area contributed by atoms with E-state index in [-0.39, 0.29) is 12.4 Å². The molecule has 5 aromatic rings. The van der Waals surface area contributed by atoms with Crippen molar-refractivity contribution in [2.24, 2.45) is 0 Å². The molecule has 0 heterocycles. The van der Waals surface area contributed by atoms with E-state index in [1.54, 1.807) is 0 Å². The zero-order valence-corrected chi connectivity index (χ0v) is 20.4. The number of benzene rings is 5. The molecule has 0 radical (unpaired) electrons. The Balaban J connectivity index is 0.00000274. The Hall–Kier alpha value is -3.38. The average molecular weight is 481 g/mol. The molecular weight excluding hydrogens is 455 g/mol. The standard InChI is InChI=1S/C31H26OP.ClH/c1-5-13-27(14-6-1)32-28-23-21-26(22-24-28)25-33(29-15-7-2-8-16-29,30-17-9-3-10-18-30)31-19-11-4-12-20-31;/h1-24H,25H2;1H/q+1;/p-1. The summed E-state index contributed by atoms with van der Waals surface area (Å²) >= 11 is 0. The van der Waals surface area contributed by atoms with E-state index in [1.165, 1.54) is 21.5 Å². The van der Waals surface area contributed by atoms with Crippen LogP contribution in [0.2, 0.25) is 0 Å². The minimum atomic E-state index is -1.90. The van der Waals surface area contributed by atoms with Crippen LogP contribution < -0.4 is 33.1 Å². The normalized spacial score (nSPS) is 10.8. The summed E-state index contributed by atoms with van der Waals surface area (Å²) in [5, 5.41) is 4.19. The van der Waals surface area contributed by atoms with Crippen LogP contribution in [0.4, 0.5) is 0 Å². The molecule has 0 fully saturated rings. The number of rotatable bonds is 7. The van der Waals surface area contributed by atoms with Crippen LogP contribution in [0.3, 0.4) is 0 Å². The molecule has 0 spiro atoms. The van der Waals surface area contributed by atoms with Gasteiger partial charge in [0, 0.05) is 0 Å². The Bertz CT molecular complexity index is 1180. The second kappa shape index (κ2) is 11.2. The molecule has 0 bridgehead atoms. The van der Waals surface area contributed by atoms with Crippen LogP contribution in [0.5, 0.6) is 11.5 Å². The molecule has 168 valence electrons. The van der Waals surface area contributed by atoms with Crippen LogP contribution in [0, 0.1) is 0 Å². The maximum atomic E-state index is 6.03. The van der Waals surface area contributed by atoms with Crippen LogP contribution in [-0.4, -0.2) is 0 Å². The zero-order valence-electron chi connectivity index (χ0n) is 18.8. The lowest BCUT2D eigenvalue weighted by Gasteiger charge is -2.28. The van der Waals surface area contributed by atoms with Gasteiger partial charge in [0.15, 0.2) is 0 Å². The number of hydrogen-bond donors (Lipinski definition) is 0. The van der Waals surface area contributed by atoms with E-state index in [1.807, 2.05) is 30.3 Å². The zero-order chi connectivity index (χ0) is 22.3. The summed E-state index contributed by atoms with van der Waals surface area (Å²) in [7, 11) is -1.90. The Kier molecular flexibility index (Phi) is 7.80. The third kappa shape index (κ3) is 5.07. The highest BCUT2D eigenvalue weighted by Crippen LogP contribution is 2.58. The van der Waals surface area contributed by atoms with Crippen molar-refractivity contribution in [3.05, 3.63) is 151 Å². The van der Waals surface area contributed by atoms with Gasteiger partial charge in [-0.25, -0.2) is 0 Å². The molecule has 0 aliphatic carbocycles.